The summed E-state index contributed by atoms with van der Waals surface area (Å²) in [6, 6.07) is 3.42. The molecule has 18 heavy (non-hydrogen) atoms. The fraction of sp³-hybridized carbons (Fsp3) is 0.364. The normalized spacial score (nSPS) is 10.6. The summed E-state index contributed by atoms with van der Waals surface area (Å²) in [6.45, 7) is 0.908. The molecule has 1 amide bonds. The van der Waals surface area contributed by atoms with Crippen molar-refractivity contribution in [2.45, 2.75) is 0 Å². The minimum atomic E-state index is -0.253. The molecule has 0 bridgehead atoms. The maximum Gasteiger partial charge on any atom is 0.271 e. The third-order valence-electron chi connectivity index (χ3n) is 2.33. The first-order valence-corrected chi connectivity index (χ1v) is 5.42. The van der Waals surface area contributed by atoms with Gasteiger partial charge in [-0.2, -0.15) is 0 Å². The number of hydrogen-bond donors (Lipinski definition) is 1. The smallest absolute Gasteiger partial charge is 0.271 e. The molecule has 0 atom stereocenters. The number of carbonyl (C=O) groups is 1. The Morgan fingerprint density at radius 1 is 1.44 bits per heavy atom. The number of ether oxygens (including phenoxy) is 2. The van der Waals surface area contributed by atoms with Gasteiger partial charge in [-0.1, -0.05) is 0 Å². The Morgan fingerprint density at radius 3 is 3.00 bits per heavy atom. The van der Waals surface area contributed by atoms with Crippen LogP contribution >= 0.6 is 0 Å². The van der Waals surface area contributed by atoms with E-state index < -0.39 is 0 Å². The lowest BCUT2D eigenvalue weighted by atomic mass is 10.4. The Kier molecular flexibility index (Phi) is 3.73. The van der Waals surface area contributed by atoms with E-state index in [-0.39, 0.29) is 5.91 Å². The third kappa shape index (κ3) is 2.57. The monoisotopic (exact) mass is 250 g/mol. The van der Waals surface area contributed by atoms with Crippen molar-refractivity contribution in [3.63, 3.8) is 0 Å². The van der Waals surface area contributed by atoms with E-state index in [4.69, 9.17) is 9.47 Å². The van der Waals surface area contributed by atoms with Gasteiger partial charge in [0.2, 0.25) is 5.88 Å². The molecular weight excluding hydrogens is 236 g/mol. The highest BCUT2D eigenvalue weighted by molar-refractivity contribution is 5.92. The standard InChI is InChI=1S/C11H14N4O3/c1-17-6-5-12-11(16)8-7-15-9(13-8)3-4-10(14-15)18-2/h3-4,7H,5-6H2,1-2H3,(H,12,16). The van der Waals surface area contributed by atoms with Gasteiger partial charge >= 0.3 is 0 Å². The molecule has 2 aromatic rings. The van der Waals surface area contributed by atoms with Crippen LogP contribution in [0.1, 0.15) is 10.5 Å². The van der Waals surface area contributed by atoms with E-state index in [1.165, 1.54) is 11.6 Å². The molecule has 96 valence electrons. The Balaban J connectivity index is 2.16. The van der Waals surface area contributed by atoms with Crippen molar-refractivity contribution in [2.75, 3.05) is 27.4 Å². The maximum atomic E-state index is 11.7. The minimum absolute atomic E-state index is 0.253. The molecule has 7 nitrogen and oxygen atoms in total. The number of nitrogens with zero attached hydrogens (tertiary/aromatic N) is 3. The van der Waals surface area contributed by atoms with Crippen LogP contribution in [0, 0.1) is 0 Å². The number of fused-ring (bicyclic) bond motifs is 1. The van der Waals surface area contributed by atoms with Crippen LogP contribution in [-0.4, -0.2) is 47.9 Å². The Morgan fingerprint density at radius 2 is 2.28 bits per heavy atom. The van der Waals surface area contributed by atoms with Crippen molar-refractivity contribution in [3.05, 3.63) is 24.0 Å². The summed E-state index contributed by atoms with van der Waals surface area (Å²) >= 11 is 0. The molecule has 0 saturated heterocycles. The van der Waals surface area contributed by atoms with Crippen LogP contribution < -0.4 is 10.1 Å². The topological polar surface area (TPSA) is 77.8 Å². The van der Waals surface area contributed by atoms with Gasteiger partial charge in [-0.3, -0.25) is 4.79 Å². The molecule has 2 aromatic heterocycles. The highest BCUT2D eigenvalue weighted by Crippen LogP contribution is 2.09. The number of methoxy groups -OCH3 is 2. The Hall–Kier alpha value is -2.15. The number of nitrogens with one attached hydrogen (secondary N) is 1. The molecule has 0 fully saturated rings. The number of aromatic nitrogens is 3. The largest absolute Gasteiger partial charge is 0.480 e. The number of hydrogen-bond acceptors (Lipinski definition) is 5. The lowest BCUT2D eigenvalue weighted by molar-refractivity contribution is 0.0932. The zero-order chi connectivity index (χ0) is 13.0. The zero-order valence-electron chi connectivity index (χ0n) is 10.2. The molecular formula is C11H14N4O3. The van der Waals surface area contributed by atoms with Crippen LogP contribution in [0.3, 0.4) is 0 Å². The molecule has 0 aliphatic heterocycles. The summed E-state index contributed by atoms with van der Waals surface area (Å²) in [5, 5.41) is 6.81. The molecule has 0 spiro atoms. The van der Waals surface area contributed by atoms with Crippen molar-refractivity contribution in [1.82, 2.24) is 19.9 Å². The summed E-state index contributed by atoms with van der Waals surface area (Å²) in [6.07, 6.45) is 1.56. The van der Waals surface area contributed by atoms with Gasteiger partial charge in [-0.25, -0.2) is 9.50 Å². The van der Waals surface area contributed by atoms with Gasteiger partial charge in [-0.05, 0) is 6.07 Å². The summed E-state index contributed by atoms with van der Waals surface area (Å²) < 4.78 is 11.3. The SMILES string of the molecule is COCCNC(=O)c1cn2nc(OC)ccc2n1. The van der Waals surface area contributed by atoms with E-state index in [9.17, 15) is 4.79 Å². The zero-order valence-corrected chi connectivity index (χ0v) is 10.2. The van der Waals surface area contributed by atoms with Crippen molar-refractivity contribution in [2.24, 2.45) is 0 Å². The van der Waals surface area contributed by atoms with Gasteiger partial charge in [0, 0.05) is 19.7 Å². The van der Waals surface area contributed by atoms with Crippen LogP contribution in [-0.2, 0) is 4.74 Å². The highest BCUT2D eigenvalue weighted by Gasteiger charge is 2.11. The number of imidazole rings is 1. The van der Waals surface area contributed by atoms with Crippen LogP contribution in [0.2, 0.25) is 0 Å². The van der Waals surface area contributed by atoms with Crippen molar-refractivity contribution in [3.8, 4) is 5.88 Å². The highest BCUT2D eigenvalue weighted by atomic mass is 16.5. The van der Waals surface area contributed by atoms with Gasteiger partial charge in [-0.15, -0.1) is 5.10 Å². The molecule has 2 heterocycles. The van der Waals surface area contributed by atoms with E-state index in [1.807, 2.05) is 0 Å². The van der Waals surface area contributed by atoms with Gasteiger partial charge in [0.1, 0.15) is 5.69 Å². The predicted molar refractivity (Wildman–Crippen MR) is 63.7 cm³/mol. The van der Waals surface area contributed by atoms with E-state index in [2.05, 4.69) is 15.4 Å². The summed E-state index contributed by atoms with van der Waals surface area (Å²) in [4.78, 5) is 15.9. The van der Waals surface area contributed by atoms with E-state index >= 15 is 0 Å². The molecule has 0 aromatic carbocycles. The maximum absolute atomic E-state index is 11.7. The Bertz CT molecular complexity index is 552. The second-order valence-electron chi connectivity index (χ2n) is 3.55. The molecule has 0 unspecified atom stereocenters. The van der Waals surface area contributed by atoms with Gasteiger partial charge in [0.05, 0.1) is 19.9 Å². The fourth-order valence-electron chi connectivity index (χ4n) is 1.44. The lowest BCUT2D eigenvalue weighted by Gasteiger charge is -2.00. The first-order chi connectivity index (χ1) is 8.74. The van der Waals surface area contributed by atoms with Gasteiger partial charge in [0.15, 0.2) is 5.65 Å². The summed E-state index contributed by atoms with van der Waals surface area (Å²) in [7, 11) is 3.11. The first-order valence-electron chi connectivity index (χ1n) is 5.42. The van der Waals surface area contributed by atoms with Crippen molar-refractivity contribution < 1.29 is 14.3 Å². The van der Waals surface area contributed by atoms with Gasteiger partial charge in [0.25, 0.3) is 5.91 Å². The molecule has 0 radical (unpaired) electrons. The van der Waals surface area contributed by atoms with E-state index in [0.717, 1.165) is 0 Å². The quantitative estimate of drug-likeness (QED) is 0.762. The van der Waals surface area contributed by atoms with Crippen LogP contribution in [0.5, 0.6) is 5.88 Å². The van der Waals surface area contributed by atoms with E-state index in [1.54, 1.807) is 25.4 Å². The summed E-state index contributed by atoms with van der Waals surface area (Å²) in [5.74, 6) is 0.211. The number of rotatable bonds is 5. The van der Waals surface area contributed by atoms with Gasteiger partial charge < -0.3 is 14.8 Å². The average Bonchev–Trinajstić information content (AvgIpc) is 2.81. The molecule has 0 aliphatic rings. The van der Waals surface area contributed by atoms with E-state index in [0.29, 0.717) is 30.4 Å². The number of amides is 1. The van der Waals surface area contributed by atoms with Crippen LogP contribution in [0.15, 0.2) is 18.3 Å². The Labute approximate surface area is 104 Å². The summed E-state index contributed by atoms with van der Waals surface area (Å²) in [5.41, 5.74) is 0.902. The minimum Gasteiger partial charge on any atom is -0.480 e. The second-order valence-corrected chi connectivity index (χ2v) is 3.55. The fourth-order valence-corrected chi connectivity index (χ4v) is 1.44. The molecule has 0 aliphatic carbocycles. The van der Waals surface area contributed by atoms with Crippen molar-refractivity contribution in [1.29, 1.82) is 0 Å². The molecule has 1 N–H and O–H groups in total. The first kappa shape index (κ1) is 12.3. The third-order valence-corrected chi connectivity index (χ3v) is 2.33. The molecule has 2 rings (SSSR count). The number of carbonyl (C=O) groups excluding carboxylic acids is 1. The lowest BCUT2D eigenvalue weighted by Crippen LogP contribution is -2.27. The van der Waals surface area contributed by atoms with Crippen LogP contribution in [0.25, 0.3) is 5.65 Å². The molecule has 7 heteroatoms. The molecule has 0 saturated carbocycles. The predicted octanol–water partition coefficient (Wildman–Crippen LogP) is 0.114. The average molecular weight is 250 g/mol. The van der Waals surface area contributed by atoms with Crippen molar-refractivity contribution >= 4 is 11.6 Å². The van der Waals surface area contributed by atoms with Crippen LogP contribution in [0.4, 0.5) is 0 Å². The second kappa shape index (κ2) is 5.46.